The van der Waals surface area contributed by atoms with Gasteiger partial charge in [-0.25, -0.2) is 0 Å². The fourth-order valence-electron chi connectivity index (χ4n) is 5.34. The van der Waals surface area contributed by atoms with E-state index >= 15 is 0 Å². The van der Waals surface area contributed by atoms with Gasteiger partial charge in [0, 0.05) is 28.7 Å². The Hall–Kier alpha value is -4.39. The van der Waals surface area contributed by atoms with Crippen molar-refractivity contribution in [2.24, 2.45) is 0 Å². The van der Waals surface area contributed by atoms with E-state index in [-0.39, 0.29) is 4.90 Å². The van der Waals surface area contributed by atoms with Crippen molar-refractivity contribution in [3.63, 3.8) is 0 Å². The lowest BCUT2D eigenvalue weighted by atomic mass is 9.85. The third kappa shape index (κ3) is 6.19. The molecule has 208 valence electrons. The van der Waals surface area contributed by atoms with E-state index in [2.05, 4.69) is 62.6 Å². The van der Waals surface area contributed by atoms with Gasteiger partial charge in [-0.15, -0.1) is 0 Å². The van der Waals surface area contributed by atoms with Crippen LogP contribution in [0.25, 0.3) is 0 Å². The Kier molecular flexibility index (Phi) is 7.97. The Balaban J connectivity index is 1.54. The van der Waals surface area contributed by atoms with Crippen molar-refractivity contribution < 1.29 is 13.0 Å². The molecule has 0 spiro atoms. The van der Waals surface area contributed by atoms with Crippen molar-refractivity contribution in [1.29, 1.82) is 0 Å². The summed E-state index contributed by atoms with van der Waals surface area (Å²) in [7, 11) is -4.44. The Morgan fingerprint density at radius 2 is 0.927 bits per heavy atom. The summed E-state index contributed by atoms with van der Waals surface area (Å²) >= 11 is 0. The van der Waals surface area contributed by atoms with Crippen LogP contribution in [0, 0.1) is 27.7 Å². The van der Waals surface area contributed by atoms with Gasteiger partial charge in [-0.1, -0.05) is 78.9 Å². The van der Waals surface area contributed by atoms with Gasteiger partial charge in [0.25, 0.3) is 10.1 Å². The molecule has 3 N–H and O–H groups in total. The molecule has 5 aromatic rings. The summed E-state index contributed by atoms with van der Waals surface area (Å²) in [5.74, 6) is -0.420. The topological polar surface area (TPSA) is 78.4 Å². The lowest BCUT2D eigenvalue weighted by Crippen LogP contribution is -2.10. The third-order valence-electron chi connectivity index (χ3n) is 7.50. The lowest BCUT2D eigenvalue weighted by Gasteiger charge is -2.22. The minimum absolute atomic E-state index is 0.0968. The monoisotopic (exact) mass is 562 g/mol. The van der Waals surface area contributed by atoms with Gasteiger partial charge in [-0.05, 0) is 97.0 Å². The highest BCUT2D eigenvalue weighted by Crippen LogP contribution is 2.37. The molecule has 0 saturated heterocycles. The van der Waals surface area contributed by atoms with E-state index in [1.165, 1.54) is 6.07 Å². The zero-order valence-corrected chi connectivity index (χ0v) is 24.5. The fraction of sp³-hybridized carbons (Fsp3) is 0.143. The van der Waals surface area contributed by atoms with Crippen LogP contribution in [0.4, 0.5) is 22.7 Å². The van der Waals surface area contributed by atoms with Crippen LogP contribution in [-0.2, 0) is 10.1 Å². The first-order chi connectivity index (χ1) is 19.6. The van der Waals surface area contributed by atoms with E-state index in [4.69, 9.17) is 0 Å². The van der Waals surface area contributed by atoms with E-state index < -0.39 is 16.0 Å². The summed E-state index contributed by atoms with van der Waals surface area (Å²) in [4.78, 5) is -0.0968. The van der Waals surface area contributed by atoms with Crippen LogP contribution < -0.4 is 10.6 Å². The first-order valence-corrected chi connectivity index (χ1v) is 15.0. The molecule has 0 aliphatic heterocycles. The van der Waals surface area contributed by atoms with Gasteiger partial charge in [0.15, 0.2) is 0 Å². The number of para-hydroxylation sites is 2. The minimum atomic E-state index is -4.44. The molecule has 0 unspecified atom stereocenters. The molecule has 5 aromatic carbocycles. The maximum absolute atomic E-state index is 12.4. The SMILES string of the molecule is Cc1cccc(C)c1Nc1ccc(C(c2ccc(Nc3c(C)cccc3C)cc2)c2ccccc2S(=O)(=O)O)cc1. The van der Waals surface area contributed by atoms with Crippen molar-refractivity contribution >= 4 is 32.9 Å². The van der Waals surface area contributed by atoms with Gasteiger partial charge in [-0.3, -0.25) is 4.55 Å². The zero-order chi connectivity index (χ0) is 29.1. The minimum Gasteiger partial charge on any atom is -0.355 e. The maximum Gasteiger partial charge on any atom is 0.294 e. The Labute approximate surface area is 242 Å². The average molecular weight is 563 g/mol. The second-order valence-electron chi connectivity index (χ2n) is 10.5. The lowest BCUT2D eigenvalue weighted by molar-refractivity contribution is 0.482. The summed E-state index contributed by atoms with van der Waals surface area (Å²) in [6, 6.07) is 35.0. The van der Waals surface area contributed by atoms with Crippen LogP contribution in [0.1, 0.15) is 44.9 Å². The summed E-state index contributed by atoms with van der Waals surface area (Å²) in [5.41, 5.74) is 11.0. The largest absolute Gasteiger partial charge is 0.355 e. The second kappa shape index (κ2) is 11.6. The van der Waals surface area contributed by atoms with Gasteiger partial charge >= 0.3 is 0 Å². The van der Waals surface area contributed by atoms with E-state index in [0.29, 0.717) is 5.56 Å². The molecule has 0 aliphatic carbocycles. The summed E-state index contributed by atoms with van der Waals surface area (Å²) in [5, 5.41) is 7.03. The highest BCUT2D eigenvalue weighted by molar-refractivity contribution is 7.85. The van der Waals surface area contributed by atoms with Crippen molar-refractivity contribution in [1.82, 2.24) is 0 Å². The van der Waals surface area contributed by atoms with Crippen molar-refractivity contribution in [3.05, 3.63) is 148 Å². The molecule has 0 saturated carbocycles. The standard InChI is InChI=1S/C35H34N2O3S/c1-23-9-7-10-24(2)34(23)36-29-19-15-27(16-20-29)33(31-13-5-6-14-32(31)41(38,39)40)28-17-21-30(22-18-28)37-35-25(3)11-8-12-26(35)4/h5-22,33,36-37H,1-4H3,(H,38,39,40). The number of anilines is 4. The number of hydrogen-bond donors (Lipinski definition) is 3. The molecule has 0 heterocycles. The van der Waals surface area contributed by atoms with Crippen molar-refractivity contribution in [3.8, 4) is 0 Å². The van der Waals surface area contributed by atoms with Crippen LogP contribution in [0.5, 0.6) is 0 Å². The number of rotatable bonds is 8. The summed E-state index contributed by atoms with van der Waals surface area (Å²) in [6.45, 7) is 8.30. The molecule has 0 radical (unpaired) electrons. The van der Waals surface area contributed by atoms with Crippen LogP contribution in [0.15, 0.2) is 114 Å². The molecule has 0 fully saturated rings. The Bertz CT molecular complexity index is 1660. The average Bonchev–Trinajstić information content (AvgIpc) is 2.94. The van der Waals surface area contributed by atoms with E-state index in [9.17, 15) is 13.0 Å². The molecule has 0 amide bonds. The highest BCUT2D eigenvalue weighted by atomic mass is 32.2. The van der Waals surface area contributed by atoms with Crippen LogP contribution in [0.2, 0.25) is 0 Å². The molecule has 5 rings (SSSR count). The Morgan fingerprint density at radius 1 is 0.537 bits per heavy atom. The number of benzene rings is 5. The summed E-state index contributed by atoms with van der Waals surface area (Å²) < 4.78 is 34.9. The van der Waals surface area contributed by atoms with Crippen molar-refractivity contribution in [2.75, 3.05) is 10.6 Å². The number of nitrogens with one attached hydrogen (secondary N) is 2. The van der Waals surface area contributed by atoms with Gasteiger partial charge in [0.05, 0.1) is 4.90 Å². The third-order valence-corrected chi connectivity index (χ3v) is 8.42. The molecule has 6 heteroatoms. The van der Waals surface area contributed by atoms with Crippen molar-refractivity contribution in [2.45, 2.75) is 38.5 Å². The zero-order valence-electron chi connectivity index (χ0n) is 23.6. The molecule has 0 aromatic heterocycles. The smallest absolute Gasteiger partial charge is 0.294 e. The molecule has 5 nitrogen and oxygen atoms in total. The van der Waals surface area contributed by atoms with Crippen LogP contribution in [-0.4, -0.2) is 13.0 Å². The fourth-order valence-corrected chi connectivity index (χ4v) is 6.07. The number of hydrogen-bond acceptors (Lipinski definition) is 4. The normalized spacial score (nSPS) is 11.5. The van der Waals surface area contributed by atoms with Crippen LogP contribution >= 0.6 is 0 Å². The Morgan fingerprint density at radius 3 is 1.32 bits per heavy atom. The predicted molar refractivity (Wildman–Crippen MR) is 168 cm³/mol. The molecule has 0 atom stereocenters. The second-order valence-corrected chi connectivity index (χ2v) is 11.9. The summed E-state index contributed by atoms with van der Waals surface area (Å²) in [6.07, 6.45) is 0. The molecule has 41 heavy (non-hydrogen) atoms. The molecule has 0 bridgehead atoms. The quantitative estimate of drug-likeness (QED) is 0.130. The van der Waals surface area contributed by atoms with E-state index in [1.807, 2.05) is 60.7 Å². The van der Waals surface area contributed by atoms with Crippen LogP contribution in [0.3, 0.4) is 0 Å². The van der Waals surface area contributed by atoms with E-state index in [0.717, 1.165) is 56.1 Å². The van der Waals surface area contributed by atoms with E-state index in [1.54, 1.807) is 18.2 Å². The van der Waals surface area contributed by atoms with Gasteiger partial charge in [0.2, 0.25) is 0 Å². The first kappa shape index (κ1) is 28.1. The first-order valence-electron chi connectivity index (χ1n) is 13.5. The molecular formula is C35H34N2O3S. The van der Waals surface area contributed by atoms with Gasteiger partial charge < -0.3 is 10.6 Å². The molecular weight excluding hydrogens is 528 g/mol. The predicted octanol–water partition coefficient (Wildman–Crippen LogP) is 8.83. The molecule has 0 aliphatic rings. The van der Waals surface area contributed by atoms with Gasteiger partial charge in [0.1, 0.15) is 0 Å². The van der Waals surface area contributed by atoms with Gasteiger partial charge in [-0.2, -0.15) is 8.42 Å². The maximum atomic E-state index is 12.4. The highest BCUT2D eigenvalue weighted by Gasteiger charge is 2.25. The number of aryl methyl sites for hydroxylation is 4.